The number of nitrogens with zero attached hydrogens (tertiary/aromatic N) is 1. The molecule has 0 aliphatic rings. The fraction of sp³-hybridized carbons (Fsp3) is 0.278. The van der Waals surface area contributed by atoms with Gasteiger partial charge in [-0.05, 0) is 75.2 Å². The molecule has 0 atom stereocenters. The lowest BCUT2D eigenvalue weighted by molar-refractivity contribution is 0.413. The van der Waals surface area contributed by atoms with Crippen molar-refractivity contribution in [1.29, 1.82) is 0 Å². The van der Waals surface area contributed by atoms with Gasteiger partial charge in [-0.25, -0.2) is 0 Å². The monoisotopic (exact) mass is 329 g/mol. The molecule has 2 aromatic carbocycles. The van der Waals surface area contributed by atoms with E-state index < -0.39 is 0 Å². The number of hydrogen-bond acceptors (Lipinski definition) is 3. The predicted molar refractivity (Wildman–Crippen MR) is 100 cm³/mol. The van der Waals surface area contributed by atoms with E-state index in [1.165, 1.54) is 5.56 Å². The molecule has 0 saturated heterocycles. The Morgan fingerprint density at radius 2 is 1.83 bits per heavy atom. The minimum absolute atomic E-state index is 0.624. The molecule has 0 spiro atoms. The SMILES string of the molecule is Cc1cccc(Oc2ccc(NC(=S)NCCN(C)C)cc2)c1. The standard InChI is InChI=1S/C18H23N3OS/c1-14-5-4-6-17(13-14)22-16-9-7-15(8-10-16)20-18(23)19-11-12-21(2)3/h4-10,13H,11-12H2,1-3H3,(H2,19,20,23). The molecule has 0 bridgehead atoms. The van der Waals surface area contributed by atoms with Crippen molar-refractivity contribution in [2.24, 2.45) is 0 Å². The number of anilines is 1. The largest absolute Gasteiger partial charge is 0.457 e. The molecule has 4 nitrogen and oxygen atoms in total. The highest BCUT2D eigenvalue weighted by atomic mass is 32.1. The van der Waals surface area contributed by atoms with Crippen LogP contribution in [0.2, 0.25) is 0 Å². The van der Waals surface area contributed by atoms with E-state index in [4.69, 9.17) is 17.0 Å². The Kier molecular flexibility index (Phi) is 6.38. The number of likely N-dealkylation sites (N-methyl/N-ethyl adjacent to an activating group) is 1. The van der Waals surface area contributed by atoms with Crippen molar-refractivity contribution < 1.29 is 4.74 Å². The van der Waals surface area contributed by atoms with Crippen molar-refractivity contribution in [2.45, 2.75) is 6.92 Å². The molecule has 23 heavy (non-hydrogen) atoms. The molecular formula is C18H23N3OS. The number of nitrogens with one attached hydrogen (secondary N) is 2. The first-order valence-electron chi connectivity index (χ1n) is 7.57. The summed E-state index contributed by atoms with van der Waals surface area (Å²) in [4.78, 5) is 2.10. The first-order chi connectivity index (χ1) is 11.0. The molecule has 0 fully saturated rings. The van der Waals surface area contributed by atoms with Gasteiger partial charge in [-0.15, -0.1) is 0 Å². The first-order valence-corrected chi connectivity index (χ1v) is 7.98. The maximum Gasteiger partial charge on any atom is 0.170 e. The van der Waals surface area contributed by atoms with Crippen LogP contribution >= 0.6 is 12.2 Å². The quantitative estimate of drug-likeness (QED) is 0.792. The Hall–Kier alpha value is -2.11. The summed E-state index contributed by atoms with van der Waals surface area (Å²) in [5.41, 5.74) is 2.11. The summed E-state index contributed by atoms with van der Waals surface area (Å²) in [5, 5.41) is 6.96. The molecule has 2 rings (SSSR count). The zero-order valence-corrected chi connectivity index (χ0v) is 14.6. The van der Waals surface area contributed by atoms with Gasteiger partial charge >= 0.3 is 0 Å². The predicted octanol–water partition coefficient (Wildman–Crippen LogP) is 3.64. The van der Waals surface area contributed by atoms with E-state index in [0.29, 0.717) is 5.11 Å². The van der Waals surface area contributed by atoms with Gasteiger partial charge in [-0.2, -0.15) is 0 Å². The van der Waals surface area contributed by atoms with Crippen LogP contribution in [-0.2, 0) is 0 Å². The molecule has 5 heteroatoms. The second kappa shape index (κ2) is 8.50. The van der Waals surface area contributed by atoms with Crippen LogP contribution in [-0.4, -0.2) is 37.2 Å². The molecule has 0 aliphatic carbocycles. The molecule has 0 unspecified atom stereocenters. The van der Waals surface area contributed by atoms with E-state index in [9.17, 15) is 0 Å². The molecule has 0 aromatic heterocycles. The average molecular weight is 329 g/mol. The Balaban J connectivity index is 1.85. The van der Waals surface area contributed by atoms with Gasteiger partial charge < -0.3 is 20.3 Å². The molecule has 0 saturated carbocycles. The Morgan fingerprint density at radius 1 is 1.09 bits per heavy atom. The van der Waals surface area contributed by atoms with Crippen molar-refractivity contribution >= 4 is 23.0 Å². The van der Waals surface area contributed by atoms with Gasteiger partial charge in [0.2, 0.25) is 0 Å². The van der Waals surface area contributed by atoms with Crippen molar-refractivity contribution in [1.82, 2.24) is 10.2 Å². The van der Waals surface area contributed by atoms with Crippen LogP contribution in [0.1, 0.15) is 5.56 Å². The van der Waals surface area contributed by atoms with Gasteiger partial charge in [0.1, 0.15) is 11.5 Å². The number of rotatable bonds is 6. The topological polar surface area (TPSA) is 36.5 Å². The molecule has 0 amide bonds. The number of benzene rings is 2. The fourth-order valence-electron chi connectivity index (χ4n) is 1.99. The minimum atomic E-state index is 0.624. The van der Waals surface area contributed by atoms with Crippen molar-refractivity contribution in [3.05, 3.63) is 54.1 Å². The summed E-state index contributed by atoms with van der Waals surface area (Å²) in [6.07, 6.45) is 0. The van der Waals surface area contributed by atoms with Crippen LogP contribution in [0.3, 0.4) is 0 Å². The minimum Gasteiger partial charge on any atom is -0.457 e. The first kappa shape index (κ1) is 17.2. The summed E-state index contributed by atoms with van der Waals surface area (Å²) in [5.74, 6) is 1.64. The van der Waals surface area contributed by atoms with Crippen LogP contribution in [0, 0.1) is 6.92 Å². The lowest BCUT2D eigenvalue weighted by Crippen LogP contribution is -2.34. The third kappa shape index (κ3) is 6.26. The van der Waals surface area contributed by atoms with Crippen molar-refractivity contribution in [2.75, 3.05) is 32.5 Å². The fourth-order valence-corrected chi connectivity index (χ4v) is 2.21. The second-order valence-electron chi connectivity index (χ2n) is 5.63. The highest BCUT2D eigenvalue weighted by Crippen LogP contribution is 2.23. The lowest BCUT2D eigenvalue weighted by atomic mass is 10.2. The van der Waals surface area contributed by atoms with E-state index in [1.54, 1.807) is 0 Å². The average Bonchev–Trinajstić information content (AvgIpc) is 2.49. The number of hydrogen-bond donors (Lipinski definition) is 2. The van der Waals surface area contributed by atoms with E-state index in [-0.39, 0.29) is 0 Å². The van der Waals surface area contributed by atoms with Gasteiger partial charge in [0.15, 0.2) is 5.11 Å². The van der Waals surface area contributed by atoms with E-state index >= 15 is 0 Å². The van der Waals surface area contributed by atoms with E-state index in [0.717, 1.165) is 30.3 Å². The van der Waals surface area contributed by atoms with Gasteiger partial charge in [-0.3, -0.25) is 0 Å². The maximum absolute atomic E-state index is 5.83. The zero-order chi connectivity index (χ0) is 16.7. The molecule has 2 N–H and O–H groups in total. The number of thiocarbonyl (C=S) groups is 1. The third-order valence-electron chi connectivity index (χ3n) is 3.18. The Bertz CT molecular complexity index is 641. The Morgan fingerprint density at radius 3 is 2.48 bits per heavy atom. The molecular weight excluding hydrogens is 306 g/mol. The summed E-state index contributed by atoms with van der Waals surface area (Å²) in [7, 11) is 4.07. The van der Waals surface area contributed by atoms with Crippen LogP contribution < -0.4 is 15.4 Å². The van der Waals surface area contributed by atoms with Crippen LogP contribution in [0.4, 0.5) is 5.69 Å². The summed E-state index contributed by atoms with van der Waals surface area (Å²) in [6, 6.07) is 15.7. The lowest BCUT2D eigenvalue weighted by Gasteiger charge is -2.13. The second-order valence-corrected chi connectivity index (χ2v) is 6.04. The number of ether oxygens (including phenoxy) is 1. The van der Waals surface area contributed by atoms with Crippen LogP contribution in [0.5, 0.6) is 11.5 Å². The highest BCUT2D eigenvalue weighted by molar-refractivity contribution is 7.80. The molecule has 0 aliphatic heterocycles. The molecule has 0 heterocycles. The molecule has 122 valence electrons. The van der Waals surface area contributed by atoms with Gasteiger partial charge in [0.25, 0.3) is 0 Å². The number of aryl methyl sites for hydroxylation is 1. The normalized spacial score (nSPS) is 10.4. The zero-order valence-electron chi connectivity index (χ0n) is 13.8. The summed E-state index contributed by atoms with van der Waals surface area (Å²) >= 11 is 5.27. The summed E-state index contributed by atoms with van der Waals surface area (Å²) in [6.45, 7) is 3.79. The smallest absolute Gasteiger partial charge is 0.170 e. The van der Waals surface area contributed by atoms with E-state index in [1.807, 2.05) is 69.6 Å². The highest BCUT2D eigenvalue weighted by Gasteiger charge is 2.00. The van der Waals surface area contributed by atoms with E-state index in [2.05, 4.69) is 15.5 Å². The van der Waals surface area contributed by atoms with Gasteiger partial charge in [-0.1, -0.05) is 12.1 Å². The Labute approximate surface area is 143 Å². The summed E-state index contributed by atoms with van der Waals surface area (Å²) < 4.78 is 5.83. The maximum atomic E-state index is 5.83. The van der Waals surface area contributed by atoms with Gasteiger partial charge in [0.05, 0.1) is 0 Å². The van der Waals surface area contributed by atoms with Crippen molar-refractivity contribution in [3.63, 3.8) is 0 Å². The third-order valence-corrected chi connectivity index (χ3v) is 3.43. The molecule has 2 aromatic rings. The van der Waals surface area contributed by atoms with Crippen LogP contribution in [0.25, 0.3) is 0 Å². The van der Waals surface area contributed by atoms with Crippen LogP contribution in [0.15, 0.2) is 48.5 Å². The molecule has 0 radical (unpaired) electrons. The van der Waals surface area contributed by atoms with Gasteiger partial charge in [0, 0.05) is 18.8 Å². The van der Waals surface area contributed by atoms with Crippen molar-refractivity contribution in [3.8, 4) is 11.5 Å².